The SMILES string of the molecule is CNC(C)(C)C1=CNC(Cl)c2cnc(Cl)cc21. The average Bonchev–Trinajstić information content (AvgIpc) is 2.29. The maximum Gasteiger partial charge on any atom is 0.129 e. The van der Waals surface area contributed by atoms with Crippen LogP contribution in [0.25, 0.3) is 5.57 Å². The molecule has 0 amide bonds. The first kappa shape index (κ1) is 12.7. The van der Waals surface area contributed by atoms with Crippen LogP contribution < -0.4 is 10.6 Å². The summed E-state index contributed by atoms with van der Waals surface area (Å²) in [5.74, 6) is 0. The number of hydrogen-bond acceptors (Lipinski definition) is 3. The zero-order valence-electron chi connectivity index (χ0n) is 10.0. The van der Waals surface area contributed by atoms with Crippen LogP contribution in [-0.4, -0.2) is 17.6 Å². The molecule has 92 valence electrons. The first-order valence-corrected chi connectivity index (χ1v) is 6.22. The Labute approximate surface area is 111 Å². The van der Waals surface area contributed by atoms with E-state index in [9.17, 15) is 0 Å². The molecule has 0 saturated heterocycles. The summed E-state index contributed by atoms with van der Waals surface area (Å²) in [6, 6.07) is 1.86. The van der Waals surface area contributed by atoms with E-state index in [1.54, 1.807) is 6.20 Å². The van der Waals surface area contributed by atoms with Crippen molar-refractivity contribution in [3.05, 3.63) is 34.7 Å². The molecule has 0 bridgehead atoms. The second-order valence-electron chi connectivity index (χ2n) is 4.56. The molecule has 1 atom stereocenters. The fraction of sp³-hybridized carbons (Fsp3) is 0.417. The molecule has 2 N–H and O–H groups in total. The van der Waals surface area contributed by atoms with E-state index in [4.69, 9.17) is 23.2 Å². The lowest BCUT2D eigenvalue weighted by Gasteiger charge is -2.33. The molecule has 3 nitrogen and oxygen atoms in total. The Morgan fingerprint density at radius 2 is 2.18 bits per heavy atom. The van der Waals surface area contributed by atoms with E-state index in [-0.39, 0.29) is 11.0 Å². The van der Waals surface area contributed by atoms with Crippen LogP contribution in [0.3, 0.4) is 0 Å². The molecule has 1 unspecified atom stereocenters. The topological polar surface area (TPSA) is 37.0 Å². The van der Waals surface area contributed by atoms with E-state index in [2.05, 4.69) is 29.5 Å². The molecule has 5 heteroatoms. The molecular formula is C12H15Cl2N3. The van der Waals surface area contributed by atoms with Gasteiger partial charge in [0.1, 0.15) is 10.7 Å². The first-order chi connectivity index (χ1) is 7.95. The van der Waals surface area contributed by atoms with Crippen molar-refractivity contribution in [3.8, 4) is 0 Å². The average molecular weight is 272 g/mol. The molecule has 0 spiro atoms. The van der Waals surface area contributed by atoms with Crippen LogP contribution in [0.4, 0.5) is 0 Å². The summed E-state index contributed by atoms with van der Waals surface area (Å²) in [5, 5.41) is 6.88. The Bertz CT molecular complexity index is 469. The zero-order valence-corrected chi connectivity index (χ0v) is 11.5. The largest absolute Gasteiger partial charge is 0.371 e. The van der Waals surface area contributed by atoms with E-state index in [0.717, 1.165) is 16.7 Å². The second kappa shape index (κ2) is 4.48. The lowest BCUT2D eigenvalue weighted by Crippen LogP contribution is -2.39. The summed E-state index contributed by atoms with van der Waals surface area (Å²) in [6.07, 6.45) is 3.66. The van der Waals surface area contributed by atoms with Crippen molar-refractivity contribution < 1.29 is 0 Å². The Morgan fingerprint density at radius 1 is 1.47 bits per heavy atom. The van der Waals surface area contributed by atoms with Gasteiger partial charge in [-0.2, -0.15) is 0 Å². The van der Waals surface area contributed by atoms with E-state index >= 15 is 0 Å². The minimum absolute atomic E-state index is 0.163. The van der Waals surface area contributed by atoms with Crippen LogP contribution in [0.5, 0.6) is 0 Å². The fourth-order valence-electron chi connectivity index (χ4n) is 1.85. The summed E-state index contributed by atoms with van der Waals surface area (Å²) < 4.78 is 0. The minimum Gasteiger partial charge on any atom is -0.371 e. The molecule has 0 saturated carbocycles. The second-order valence-corrected chi connectivity index (χ2v) is 5.38. The van der Waals surface area contributed by atoms with Gasteiger partial charge in [-0.3, -0.25) is 0 Å². The number of pyridine rings is 1. The molecule has 1 aromatic heterocycles. The Balaban J connectivity index is 2.56. The standard InChI is InChI=1S/C12H15Cl2N3/c1-12(2,15-3)9-6-17-11(14)8-5-16-10(13)4-7(8)9/h4-6,11,15,17H,1-3H3. The maximum absolute atomic E-state index is 6.20. The number of aromatic nitrogens is 1. The third-order valence-corrected chi connectivity index (χ3v) is 3.70. The number of rotatable bonds is 2. The lowest BCUT2D eigenvalue weighted by atomic mass is 9.85. The summed E-state index contributed by atoms with van der Waals surface area (Å²) in [7, 11) is 1.93. The Kier molecular flexibility index (Phi) is 3.34. The predicted octanol–water partition coefficient (Wildman–Crippen LogP) is 2.91. The van der Waals surface area contributed by atoms with E-state index < -0.39 is 0 Å². The van der Waals surface area contributed by atoms with E-state index in [0.29, 0.717) is 5.15 Å². The third kappa shape index (κ3) is 2.28. The van der Waals surface area contributed by atoms with Crippen molar-refractivity contribution in [2.24, 2.45) is 0 Å². The number of halogens is 2. The summed E-state index contributed by atoms with van der Waals surface area (Å²) in [6.45, 7) is 4.21. The minimum atomic E-state index is -0.258. The van der Waals surface area contributed by atoms with Gasteiger partial charge in [-0.25, -0.2) is 4.98 Å². The van der Waals surface area contributed by atoms with Crippen LogP contribution in [0.1, 0.15) is 30.5 Å². The van der Waals surface area contributed by atoms with Gasteiger partial charge >= 0.3 is 0 Å². The quantitative estimate of drug-likeness (QED) is 0.494. The number of nitrogens with zero attached hydrogens (tertiary/aromatic N) is 1. The van der Waals surface area contributed by atoms with Crippen molar-refractivity contribution >= 4 is 28.8 Å². The van der Waals surface area contributed by atoms with Gasteiger partial charge in [0.2, 0.25) is 0 Å². The fourth-order valence-corrected chi connectivity index (χ4v) is 2.25. The molecule has 0 aromatic carbocycles. The highest BCUT2D eigenvalue weighted by molar-refractivity contribution is 6.29. The number of nitrogens with one attached hydrogen (secondary N) is 2. The van der Waals surface area contributed by atoms with Gasteiger partial charge in [0.25, 0.3) is 0 Å². The smallest absolute Gasteiger partial charge is 0.129 e. The maximum atomic E-state index is 6.20. The third-order valence-electron chi connectivity index (χ3n) is 3.14. The van der Waals surface area contributed by atoms with Gasteiger partial charge in [0.15, 0.2) is 0 Å². The molecule has 0 fully saturated rings. The van der Waals surface area contributed by atoms with Crippen LogP contribution in [0, 0.1) is 0 Å². The van der Waals surface area contributed by atoms with Crippen molar-refractivity contribution in [2.75, 3.05) is 7.05 Å². The van der Waals surface area contributed by atoms with Crippen LogP contribution in [0.2, 0.25) is 5.15 Å². The molecule has 0 aliphatic carbocycles. The summed E-state index contributed by atoms with van der Waals surface area (Å²) in [5.41, 5.74) is 2.70. The lowest BCUT2D eigenvalue weighted by molar-refractivity contribution is 0.538. The highest BCUT2D eigenvalue weighted by Gasteiger charge is 2.29. The van der Waals surface area contributed by atoms with Gasteiger partial charge in [-0.15, -0.1) is 0 Å². The van der Waals surface area contributed by atoms with E-state index in [1.165, 1.54) is 0 Å². The van der Waals surface area contributed by atoms with Gasteiger partial charge in [0, 0.05) is 23.5 Å². The van der Waals surface area contributed by atoms with Crippen molar-refractivity contribution in [2.45, 2.75) is 24.9 Å². The van der Waals surface area contributed by atoms with Gasteiger partial charge < -0.3 is 10.6 Å². The summed E-state index contributed by atoms with van der Waals surface area (Å²) >= 11 is 12.2. The molecule has 0 radical (unpaired) electrons. The number of fused-ring (bicyclic) bond motifs is 1. The number of likely N-dealkylation sites (N-methyl/N-ethyl adjacent to an activating group) is 1. The monoisotopic (exact) mass is 271 g/mol. The normalized spacial score (nSPS) is 19.4. The number of alkyl halides is 1. The van der Waals surface area contributed by atoms with Crippen molar-refractivity contribution in [1.29, 1.82) is 0 Å². The highest BCUT2D eigenvalue weighted by atomic mass is 35.5. The van der Waals surface area contributed by atoms with Gasteiger partial charge in [-0.1, -0.05) is 23.2 Å². The first-order valence-electron chi connectivity index (χ1n) is 5.41. The zero-order chi connectivity index (χ0) is 12.6. The summed E-state index contributed by atoms with van der Waals surface area (Å²) in [4.78, 5) is 4.08. The van der Waals surface area contributed by atoms with Crippen LogP contribution in [0.15, 0.2) is 18.5 Å². The van der Waals surface area contributed by atoms with Gasteiger partial charge in [0.05, 0.1) is 0 Å². The van der Waals surface area contributed by atoms with Crippen molar-refractivity contribution in [1.82, 2.24) is 15.6 Å². The molecule has 2 heterocycles. The number of hydrogen-bond donors (Lipinski definition) is 2. The van der Waals surface area contributed by atoms with Crippen molar-refractivity contribution in [3.63, 3.8) is 0 Å². The van der Waals surface area contributed by atoms with Crippen LogP contribution in [-0.2, 0) is 0 Å². The molecule has 1 aliphatic heterocycles. The highest BCUT2D eigenvalue weighted by Crippen LogP contribution is 2.37. The predicted molar refractivity (Wildman–Crippen MR) is 72.1 cm³/mol. The Morgan fingerprint density at radius 3 is 2.82 bits per heavy atom. The molecule has 1 aromatic rings. The van der Waals surface area contributed by atoms with Gasteiger partial charge in [-0.05, 0) is 38.1 Å². The molecule has 2 rings (SSSR count). The molecule has 17 heavy (non-hydrogen) atoms. The molecular weight excluding hydrogens is 257 g/mol. The Hall–Kier alpha value is -0.770. The molecule has 1 aliphatic rings. The van der Waals surface area contributed by atoms with E-state index in [1.807, 2.05) is 19.3 Å². The van der Waals surface area contributed by atoms with Crippen LogP contribution >= 0.6 is 23.2 Å².